The number of halogens is 3. The number of ether oxygens (including phenoxy) is 1. The summed E-state index contributed by atoms with van der Waals surface area (Å²) >= 11 is 13.3. The van der Waals surface area contributed by atoms with E-state index in [2.05, 4.69) is 64.7 Å². The van der Waals surface area contributed by atoms with E-state index in [0.717, 1.165) is 21.8 Å². The fourth-order valence-electron chi connectivity index (χ4n) is 3.05. The predicted octanol–water partition coefficient (Wildman–Crippen LogP) is 7.22. The minimum Gasteiger partial charge on any atom is -0.491 e. The van der Waals surface area contributed by atoms with Crippen molar-refractivity contribution >= 4 is 60.6 Å². The summed E-state index contributed by atoms with van der Waals surface area (Å²) in [6.45, 7) is 8.92. The van der Waals surface area contributed by atoms with Gasteiger partial charge in [0.25, 0.3) is 5.56 Å². The Bertz CT molecular complexity index is 1220. The van der Waals surface area contributed by atoms with Crippen molar-refractivity contribution in [2.75, 3.05) is 6.61 Å². The number of nitrogens with zero attached hydrogens (tertiary/aromatic N) is 3. The molecule has 0 aliphatic carbocycles. The number of fused-ring (bicyclic) bond motifs is 1. The van der Waals surface area contributed by atoms with Crippen LogP contribution in [0.5, 0.6) is 5.75 Å². The van der Waals surface area contributed by atoms with Crippen LogP contribution >= 0.6 is 43.5 Å². The largest absolute Gasteiger partial charge is 0.491 e. The molecule has 0 saturated carbocycles. The molecule has 0 spiro atoms. The fourth-order valence-corrected chi connectivity index (χ4v) is 4.36. The normalized spacial score (nSPS) is 12.1. The van der Waals surface area contributed by atoms with Crippen molar-refractivity contribution in [3.63, 3.8) is 0 Å². The highest BCUT2D eigenvalue weighted by Gasteiger charge is 2.16. The average molecular weight is 584 g/mol. The number of hydrogen-bond donors (Lipinski definition) is 0. The summed E-state index contributed by atoms with van der Waals surface area (Å²) in [5, 5.41) is 5.59. The molecule has 3 aromatic rings. The van der Waals surface area contributed by atoms with Gasteiger partial charge in [0.2, 0.25) is 0 Å². The number of rotatable bonds is 7. The molecule has 1 heterocycles. The molecule has 0 aliphatic heterocycles. The maximum atomic E-state index is 13.3. The molecule has 2 aromatic carbocycles. The van der Waals surface area contributed by atoms with Crippen LogP contribution in [0.2, 0.25) is 5.02 Å². The van der Waals surface area contributed by atoms with Gasteiger partial charge in [0.15, 0.2) is 0 Å². The molecule has 32 heavy (non-hydrogen) atoms. The van der Waals surface area contributed by atoms with E-state index < -0.39 is 0 Å². The lowest BCUT2D eigenvalue weighted by Gasteiger charge is -2.20. The molecule has 0 aliphatic rings. The van der Waals surface area contributed by atoms with Gasteiger partial charge in [0, 0.05) is 21.5 Å². The third-order valence-corrected chi connectivity index (χ3v) is 5.93. The zero-order valence-corrected chi connectivity index (χ0v) is 22.5. The van der Waals surface area contributed by atoms with Crippen molar-refractivity contribution in [2.45, 2.75) is 47.0 Å². The first-order valence-electron chi connectivity index (χ1n) is 10.5. The van der Waals surface area contributed by atoms with Crippen LogP contribution in [-0.4, -0.2) is 22.5 Å². The highest BCUT2D eigenvalue weighted by atomic mass is 79.9. The zero-order valence-electron chi connectivity index (χ0n) is 18.6. The summed E-state index contributed by atoms with van der Waals surface area (Å²) in [4.78, 5) is 18.0. The quantitative estimate of drug-likeness (QED) is 0.276. The number of unbranched alkanes of at least 4 members (excludes halogenated alkanes) is 1. The van der Waals surface area contributed by atoms with Gasteiger partial charge in [-0.15, -0.1) is 0 Å². The molecule has 5 nitrogen and oxygen atoms in total. The van der Waals surface area contributed by atoms with Crippen LogP contribution in [0.25, 0.3) is 10.9 Å². The molecule has 3 rings (SSSR count). The smallest absolute Gasteiger partial charge is 0.282 e. The molecular weight excluding hydrogens is 558 g/mol. The fraction of sp³-hybridized carbons (Fsp3) is 0.375. The molecule has 0 amide bonds. The van der Waals surface area contributed by atoms with Gasteiger partial charge in [-0.1, -0.05) is 61.6 Å². The average Bonchev–Trinajstić information content (AvgIpc) is 2.70. The minimum absolute atomic E-state index is 0.0204. The van der Waals surface area contributed by atoms with E-state index in [1.165, 1.54) is 4.68 Å². The molecule has 0 saturated heterocycles. The minimum atomic E-state index is -0.211. The summed E-state index contributed by atoms with van der Waals surface area (Å²) in [5.41, 5.74) is 1.11. The van der Waals surface area contributed by atoms with Crippen LogP contribution in [0.4, 0.5) is 0 Å². The topological polar surface area (TPSA) is 56.5 Å². The Labute approximate surface area is 210 Å². The van der Waals surface area contributed by atoms with Crippen molar-refractivity contribution in [3.05, 3.63) is 66.0 Å². The van der Waals surface area contributed by atoms with Gasteiger partial charge < -0.3 is 4.74 Å². The molecular formula is C24H26Br2ClN3O2. The number of aryl methyl sites for hydroxylation is 1. The van der Waals surface area contributed by atoms with Crippen molar-refractivity contribution < 1.29 is 4.74 Å². The first kappa shape index (κ1) is 24.9. The van der Waals surface area contributed by atoms with Crippen LogP contribution in [-0.2, 0) is 6.42 Å². The van der Waals surface area contributed by atoms with Gasteiger partial charge in [-0.25, -0.2) is 4.98 Å². The number of hydrogen-bond acceptors (Lipinski definition) is 4. The van der Waals surface area contributed by atoms with Crippen LogP contribution in [0, 0.1) is 5.41 Å². The van der Waals surface area contributed by atoms with Gasteiger partial charge in [0.05, 0.1) is 28.2 Å². The van der Waals surface area contributed by atoms with E-state index in [4.69, 9.17) is 21.3 Å². The van der Waals surface area contributed by atoms with Gasteiger partial charge in [-0.05, 0) is 58.1 Å². The zero-order chi connectivity index (χ0) is 23.5. The van der Waals surface area contributed by atoms with E-state index in [-0.39, 0.29) is 11.0 Å². The molecule has 0 unspecified atom stereocenters. The maximum absolute atomic E-state index is 13.3. The standard InChI is InChI=1S/C24H26Br2ClN3O2/c1-5-6-7-21-29-20-9-8-16(25)11-18(20)23(31)30(21)28-13-15-10-17(27)12-19(26)22(15)32-14-24(2,3)4/h8-13H,5-7,14H2,1-4H3. The predicted molar refractivity (Wildman–Crippen MR) is 139 cm³/mol. The monoisotopic (exact) mass is 581 g/mol. The lowest BCUT2D eigenvalue weighted by atomic mass is 9.98. The lowest BCUT2D eigenvalue weighted by molar-refractivity contribution is 0.196. The van der Waals surface area contributed by atoms with Gasteiger partial charge in [0.1, 0.15) is 11.6 Å². The van der Waals surface area contributed by atoms with E-state index in [0.29, 0.717) is 46.1 Å². The van der Waals surface area contributed by atoms with Crippen molar-refractivity contribution in [3.8, 4) is 5.75 Å². The molecule has 170 valence electrons. The molecule has 0 N–H and O–H groups in total. The third kappa shape index (κ3) is 6.21. The van der Waals surface area contributed by atoms with Crippen LogP contribution < -0.4 is 10.3 Å². The van der Waals surface area contributed by atoms with Crippen LogP contribution in [0.1, 0.15) is 51.9 Å². The number of benzene rings is 2. The molecule has 0 radical (unpaired) electrons. The SMILES string of the molecule is CCCCc1nc2ccc(Br)cc2c(=O)n1N=Cc1cc(Cl)cc(Br)c1OCC(C)(C)C. The Morgan fingerprint density at radius 2 is 1.97 bits per heavy atom. The number of aromatic nitrogens is 2. The van der Waals surface area contributed by atoms with E-state index in [1.807, 2.05) is 12.1 Å². The lowest BCUT2D eigenvalue weighted by Crippen LogP contribution is -2.22. The maximum Gasteiger partial charge on any atom is 0.282 e. The Kier molecular flexibility index (Phi) is 8.17. The molecule has 0 fully saturated rings. The summed E-state index contributed by atoms with van der Waals surface area (Å²) < 4.78 is 9.01. The van der Waals surface area contributed by atoms with E-state index in [9.17, 15) is 4.79 Å². The Balaban J connectivity index is 2.11. The van der Waals surface area contributed by atoms with Crippen molar-refractivity contribution in [1.29, 1.82) is 0 Å². The molecule has 0 atom stereocenters. The van der Waals surface area contributed by atoms with Gasteiger partial charge in [-0.2, -0.15) is 9.78 Å². The Morgan fingerprint density at radius 1 is 1.22 bits per heavy atom. The van der Waals surface area contributed by atoms with Crippen molar-refractivity contribution in [1.82, 2.24) is 9.66 Å². The summed E-state index contributed by atoms with van der Waals surface area (Å²) in [6, 6.07) is 9.06. The van der Waals surface area contributed by atoms with Gasteiger partial charge >= 0.3 is 0 Å². The summed E-state index contributed by atoms with van der Waals surface area (Å²) in [7, 11) is 0. The first-order chi connectivity index (χ1) is 15.1. The molecule has 0 bridgehead atoms. The van der Waals surface area contributed by atoms with Gasteiger partial charge in [-0.3, -0.25) is 4.79 Å². The van der Waals surface area contributed by atoms with Crippen molar-refractivity contribution in [2.24, 2.45) is 10.5 Å². The first-order valence-corrected chi connectivity index (χ1v) is 12.4. The highest BCUT2D eigenvalue weighted by Crippen LogP contribution is 2.33. The van der Waals surface area contributed by atoms with E-state index >= 15 is 0 Å². The second kappa shape index (κ2) is 10.5. The Morgan fingerprint density at radius 3 is 2.66 bits per heavy atom. The third-order valence-electron chi connectivity index (χ3n) is 4.63. The summed E-state index contributed by atoms with van der Waals surface area (Å²) in [6.07, 6.45) is 4.16. The van der Waals surface area contributed by atoms with Crippen LogP contribution in [0.3, 0.4) is 0 Å². The van der Waals surface area contributed by atoms with Crippen LogP contribution in [0.15, 0.2) is 49.2 Å². The second-order valence-corrected chi connectivity index (χ2v) is 11.0. The molecule has 8 heteroatoms. The summed E-state index contributed by atoms with van der Waals surface area (Å²) in [5.74, 6) is 1.26. The highest BCUT2D eigenvalue weighted by molar-refractivity contribution is 9.10. The Hall–Kier alpha value is -1.70. The second-order valence-electron chi connectivity index (χ2n) is 8.81. The van der Waals surface area contributed by atoms with E-state index in [1.54, 1.807) is 24.4 Å². The molecule has 1 aromatic heterocycles.